The normalized spacial score (nSPS) is 11.1. The number of anilines is 1. The van der Waals surface area contributed by atoms with Gasteiger partial charge in [-0.25, -0.2) is 0 Å². The fraction of sp³-hybridized carbons (Fsp3) is 0.250. The largest absolute Gasteiger partial charge is 0.322 e. The molecule has 0 radical (unpaired) electrons. The number of rotatable bonds is 2. The molecule has 1 N–H and O–H groups in total. The molecule has 1 aromatic heterocycles. The molecule has 1 amide bonds. The predicted molar refractivity (Wildman–Crippen MR) is 51.2 cm³/mol. The SMILES string of the molecule is CC(F)(F)C(=O)Nc1cncc(Br)c1. The van der Waals surface area contributed by atoms with Gasteiger partial charge in [0.2, 0.25) is 0 Å². The van der Waals surface area contributed by atoms with E-state index < -0.39 is 11.8 Å². The highest BCUT2D eigenvalue weighted by Gasteiger charge is 2.32. The first-order chi connectivity index (χ1) is 6.39. The standard InChI is InChI=1S/C8H7BrF2N2O/c1-8(10,11)7(14)13-6-2-5(9)3-12-4-6/h2-4H,1H3,(H,13,14). The number of alkyl halides is 2. The van der Waals surface area contributed by atoms with Crippen LogP contribution in [0.4, 0.5) is 14.5 Å². The monoisotopic (exact) mass is 264 g/mol. The van der Waals surface area contributed by atoms with E-state index in [1.165, 1.54) is 18.5 Å². The van der Waals surface area contributed by atoms with Crippen molar-refractivity contribution in [2.45, 2.75) is 12.8 Å². The Balaban J connectivity index is 2.75. The highest BCUT2D eigenvalue weighted by molar-refractivity contribution is 9.10. The van der Waals surface area contributed by atoms with E-state index in [9.17, 15) is 13.6 Å². The first-order valence-corrected chi connectivity index (χ1v) is 4.49. The van der Waals surface area contributed by atoms with Crippen molar-refractivity contribution in [2.75, 3.05) is 5.32 Å². The maximum Gasteiger partial charge on any atom is 0.322 e. The molecule has 76 valence electrons. The summed E-state index contributed by atoms with van der Waals surface area (Å²) in [6.07, 6.45) is 2.77. The number of carbonyl (C=O) groups is 1. The fourth-order valence-corrected chi connectivity index (χ4v) is 1.09. The Morgan fingerprint density at radius 1 is 1.57 bits per heavy atom. The smallest absolute Gasteiger partial charge is 0.319 e. The number of carbonyl (C=O) groups excluding carboxylic acids is 1. The molecule has 0 bridgehead atoms. The number of hydrogen-bond donors (Lipinski definition) is 1. The lowest BCUT2D eigenvalue weighted by Crippen LogP contribution is -2.31. The molecule has 0 unspecified atom stereocenters. The summed E-state index contributed by atoms with van der Waals surface area (Å²) < 4.78 is 25.5. The number of aromatic nitrogens is 1. The minimum atomic E-state index is -3.39. The van der Waals surface area contributed by atoms with Gasteiger partial charge in [0, 0.05) is 17.6 Å². The van der Waals surface area contributed by atoms with Gasteiger partial charge < -0.3 is 5.32 Å². The zero-order valence-electron chi connectivity index (χ0n) is 7.22. The first-order valence-electron chi connectivity index (χ1n) is 3.69. The maximum absolute atomic E-state index is 12.5. The van der Waals surface area contributed by atoms with Crippen LogP contribution in [0.2, 0.25) is 0 Å². The average molecular weight is 265 g/mol. The Kier molecular flexibility index (Phi) is 3.15. The number of hydrogen-bond acceptors (Lipinski definition) is 2. The van der Waals surface area contributed by atoms with Crippen molar-refractivity contribution in [3.8, 4) is 0 Å². The van der Waals surface area contributed by atoms with Crippen LogP contribution in [0.3, 0.4) is 0 Å². The average Bonchev–Trinajstić information content (AvgIpc) is 2.02. The van der Waals surface area contributed by atoms with Gasteiger partial charge in [0.15, 0.2) is 0 Å². The number of pyridine rings is 1. The van der Waals surface area contributed by atoms with E-state index in [0.717, 1.165) is 0 Å². The van der Waals surface area contributed by atoms with Crippen molar-refractivity contribution in [3.63, 3.8) is 0 Å². The molecule has 0 spiro atoms. The van der Waals surface area contributed by atoms with Crippen LogP contribution < -0.4 is 5.32 Å². The van der Waals surface area contributed by atoms with Crippen molar-refractivity contribution in [1.82, 2.24) is 4.98 Å². The maximum atomic E-state index is 12.5. The minimum absolute atomic E-state index is 0.228. The van der Waals surface area contributed by atoms with Crippen molar-refractivity contribution >= 4 is 27.5 Å². The van der Waals surface area contributed by atoms with Gasteiger partial charge >= 0.3 is 5.92 Å². The van der Waals surface area contributed by atoms with E-state index in [-0.39, 0.29) is 5.69 Å². The number of nitrogens with zero attached hydrogens (tertiary/aromatic N) is 1. The Labute approximate surface area is 87.7 Å². The Hall–Kier alpha value is -1.04. The lowest BCUT2D eigenvalue weighted by Gasteiger charge is -2.10. The van der Waals surface area contributed by atoms with E-state index in [1.54, 1.807) is 0 Å². The lowest BCUT2D eigenvalue weighted by molar-refractivity contribution is -0.137. The van der Waals surface area contributed by atoms with E-state index in [4.69, 9.17) is 0 Å². The quantitative estimate of drug-likeness (QED) is 0.892. The molecule has 1 rings (SSSR count). The van der Waals surface area contributed by atoms with Crippen LogP contribution in [0.5, 0.6) is 0 Å². The zero-order chi connectivity index (χ0) is 10.8. The molecular formula is C8H7BrF2N2O. The highest BCUT2D eigenvalue weighted by atomic mass is 79.9. The second kappa shape index (κ2) is 4.00. The van der Waals surface area contributed by atoms with Gasteiger partial charge in [-0.3, -0.25) is 9.78 Å². The lowest BCUT2D eigenvalue weighted by atomic mass is 10.3. The summed E-state index contributed by atoms with van der Waals surface area (Å²) in [5.74, 6) is -4.74. The van der Waals surface area contributed by atoms with Gasteiger partial charge in [-0.15, -0.1) is 0 Å². The van der Waals surface area contributed by atoms with Crippen LogP contribution >= 0.6 is 15.9 Å². The molecule has 14 heavy (non-hydrogen) atoms. The summed E-state index contributed by atoms with van der Waals surface area (Å²) in [6, 6.07) is 1.48. The highest BCUT2D eigenvalue weighted by Crippen LogP contribution is 2.17. The summed E-state index contributed by atoms with van der Waals surface area (Å²) >= 11 is 3.10. The van der Waals surface area contributed by atoms with Gasteiger partial charge in [0.25, 0.3) is 5.91 Å². The predicted octanol–water partition coefficient (Wildman–Crippen LogP) is 2.44. The molecular weight excluding hydrogens is 258 g/mol. The third-order valence-corrected chi connectivity index (χ3v) is 1.80. The van der Waals surface area contributed by atoms with Crippen molar-refractivity contribution in [3.05, 3.63) is 22.9 Å². The number of nitrogens with one attached hydrogen (secondary N) is 1. The zero-order valence-corrected chi connectivity index (χ0v) is 8.81. The van der Waals surface area contributed by atoms with Crippen molar-refractivity contribution in [1.29, 1.82) is 0 Å². The Morgan fingerprint density at radius 3 is 2.71 bits per heavy atom. The second-order valence-corrected chi connectivity index (χ2v) is 3.65. The first kappa shape index (κ1) is 11.0. The summed E-state index contributed by atoms with van der Waals surface area (Å²) in [5, 5.41) is 2.04. The Morgan fingerprint density at radius 2 is 2.21 bits per heavy atom. The fourth-order valence-electron chi connectivity index (χ4n) is 0.721. The van der Waals surface area contributed by atoms with Gasteiger partial charge in [0.1, 0.15) is 0 Å². The number of amides is 1. The van der Waals surface area contributed by atoms with E-state index in [0.29, 0.717) is 11.4 Å². The van der Waals surface area contributed by atoms with Crippen molar-refractivity contribution < 1.29 is 13.6 Å². The molecule has 0 aliphatic carbocycles. The molecule has 0 saturated carbocycles. The van der Waals surface area contributed by atoms with Crippen LogP contribution in [0.15, 0.2) is 22.9 Å². The molecule has 0 fully saturated rings. The number of halogens is 3. The minimum Gasteiger partial charge on any atom is -0.319 e. The molecule has 0 aliphatic heterocycles. The van der Waals surface area contributed by atoms with Crippen molar-refractivity contribution in [2.24, 2.45) is 0 Å². The molecule has 0 aromatic carbocycles. The van der Waals surface area contributed by atoms with E-state index in [2.05, 4.69) is 20.9 Å². The van der Waals surface area contributed by atoms with Gasteiger partial charge in [0.05, 0.1) is 11.9 Å². The third kappa shape index (κ3) is 3.02. The summed E-state index contributed by atoms with van der Waals surface area (Å²) in [7, 11) is 0. The summed E-state index contributed by atoms with van der Waals surface area (Å²) in [5.41, 5.74) is 0.228. The van der Waals surface area contributed by atoms with Crippen LogP contribution in [0.1, 0.15) is 6.92 Å². The van der Waals surface area contributed by atoms with Gasteiger partial charge in [-0.2, -0.15) is 8.78 Å². The molecule has 6 heteroatoms. The van der Waals surface area contributed by atoms with E-state index in [1.807, 2.05) is 5.32 Å². The molecule has 0 saturated heterocycles. The second-order valence-electron chi connectivity index (χ2n) is 2.73. The van der Waals surface area contributed by atoms with Crippen LogP contribution in [-0.2, 0) is 4.79 Å². The third-order valence-electron chi connectivity index (χ3n) is 1.36. The van der Waals surface area contributed by atoms with Crippen LogP contribution in [0, 0.1) is 0 Å². The summed E-state index contributed by atoms with van der Waals surface area (Å²) in [6.45, 7) is 0.535. The van der Waals surface area contributed by atoms with Gasteiger partial charge in [-0.1, -0.05) is 0 Å². The molecule has 0 aliphatic rings. The molecule has 3 nitrogen and oxygen atoms in total. The molecule has 0 atom stereocenters. The molecule has 1 heterocycles. The van der Waals surface area contributed by atoms with Gasteiger partial charge in [-0.05, 0) is 22.0 Å². The van der Waals surface area contributed by atoms with Crippen LogP contribution in [-0.4, -0.2) is 16.8 Å². The van der Waals surface area contributed by atoms with Crippen LogP contribution in [0.25, 0.3) is 0 Å². The topological polar surface area (TPSA) is 42.0 Å². The summed E-state index contributed by atoms with van der Waals surface area (Å²) in [4.78, 5) is 14.6. The van der Waals surface area contributed by atoms with E-state index >= 15 is 0 Å². The Bertz CT molecular complexity index is 351. The molecule has 1 aromatic rings.